The Balaban J connectivity index is 2.38. The SMILES string of the molecule is CC1=C(c2ccccc2)OCN1C. The van der Waals surface area contributed by atoms with Crippen LogP contribution in [0.3, 0.4) is 0 Å². The largest absolute Gasteiger partial charge is 0.471 e. The Morgan fingerprint density at radius 2 is 1.92 bits per heavy atom. The number of rotatable bonds is 1. The van der Waals surface area contributed by atoms with E-state index in [-0.39, 0.29) is 0 Å². The van der Waals surface area contributed by atoms with Crippen molar-refractivity contribution < 1.29 is 4.74 Å². The summed E-state index contributed by atoms with van der Waals surface area (Å²) in [5.41, 5.74) is 2.36. The Morgan fingerprint density at radius 3 is 2.46 bits per heavy atom. The molecule has 0 bridgehead atoms. The maximum absolute atomic E-state index is 5.57. The van der Waals surface area contributed by atoms with Crippen molar-refractivity contribution in [2.45, 2.75) is 6.92 Å². The molecule has 1 aromatic rings. The molecule has 0 spiro atoms. The van der Waals surface area contributed by atoms with Crippen LogP contribution < -0.4 is 0 Å². The van der Waals surface area contributed by atoms with Crippen molar-refractivity contribution in [3.8, 4) is 0 Å². The van der Waals surface area contributed by atoms with Gasteiger partial charge in [-0.2, -0.15) is 0 Å². The van der Waals surface area contributed by atoms with Gasteiger partial charge in [-0.3, -0.25) is 0 Å². The first-order valence-corrected chi connectivity index (χ1v) is 4.39. The lowest BCUT2D eigenvalue weighted by molar-refractivity contribution is 0.201. The first-order valence-electron chi connectivity index (χ1n) is 4.39. The van der Waals surface area contributed by atoms with Gasteiger partial charge in [0.2, 0.25) is 0 Å². The Kier molecular flexibility index (Phi) is 1.97. The van der Waals surface area contributed by atoms with Crippen LogP contribution in [-0.2, 0) is 4.74 Å². The van der Waals surface area contributed by atoms with Gasteiger partial charge in [0.15, 0.2) is 6.73 Å². The van der Waals surface area contributed by atoms with Gasteiger partial charge in [0.1, 0.15) is 5.76 Å². The summed E-state index contributed by atoms with van der Waals surface area (Å²) in [7, 11) is 2.03. The Labute approximate surface area is 78.4 Å². The predicted molar refractivity (Wildman–Crippen MR) is 52.8 cm³/mol. The number of ether oxygens (including phenoxy) is 1. The van der Waals surface area contributed by atoms with Crippen LogP contribution in [0.2, 0.25) is 0 Å². The van der Waals surface area contributed by atoms with Crippen molar-refractivity contribution in [3.05, 3.63) is 41.6 Å². The highest BCUT2D eigenvalue weighted by Gasteiger charge is 2.17. The molecule has 0 fully saturated rings. The molecule has 1 aliphatic heterocycles. The van der Waals surface area contributed by atoms with Crippen molar-refractivity contribution in [1.29, 1.82) is 0 Å². The molecular weight excluding hydrogens is 162 g/mol. The molecule has 0 saturated carbocycles. The fraction of sp³-hybridized carbons (Fsp3) is 0.273. The fourth-order valence-corrected chi connectivity index (χ4v) is 1.42. The quantitative estimate of drug-likeness (QED) is 0.649. The molecule has 0 N–H and O–H groups in total. The van der Waals surface area contributed by atoms with Gasteiger partial charge in [-0.05, 0) is 6.92 Å². The lowest BCUT2D eigenvalue weighted by atomic mass is 10.1. The van der Waals surface area contributed by atoms with E-state index in [9.17, 15) is 0 Å². The van der Waals surface area contributed by atoms with Gasteiger partial charge >= 0.3 is 0 Å². The maximum Gasteiger partial charge on any atom is 0.161 e. The van der Waals surface area contributed by atoms with Crippen LogP contribution in [0, 0.1) is 0 Å². The van der Waals surface area contributed by atoms with E-state index in [4.69, 9.17) is 4.74 Å². The third-order valence-corrected chi connectivity index (χ3v) is 2.34. The summed E-state index contributed by atoms with van der Waals surface area (Å²) in [6.07, 6.45) is 0. The van der Waals surface area contributed by atoms with Gasteiger partial charge in [-0.25, -0.2) is 0 Å². The zero-order chi connectivity index (χ0) is 9.26. The molecule has 2 rings (SSSR count). The molecule has 0 aliphatic carbocycles. The molecule has 13 heavy (non-hydrogen) atoms. The van der Waals surface area contributed by atoms with E-state index in [0.717, 1.165) is 11.3 Å². The van der Waals surface area contributed by atoms with Crippen molar-refractivity contribution in [2.75, 3.05) is 13.8 Å². The Hall–Kier alpha value is -1.44. The van der Waals surface area contributed by atoms with Gasteiger partial charge in [0.05, 0.1) is 5.70 Å². The summed E-state index contributed by atoms with van der Waals surface area (Å²) < 4.78 is 5.57. The highest BCUT2D eigenvalue weighted by atomic mass is 16.5. The van der Waals surface area contributed by atoms with Crippen molar-refractivity contribution >= 4 is 5.76 Å². The van der Waals surface area contributed by atoms with Gasteiger partial charge in [-0.1, -0.05) is 30.3 Å². The van der Waals surface area contributed by atoms with Gasteiger partial charge in [0, 0.05) is 12.6 Å². The van der Waals surface area contributed by atoms with Crippen LogP contribution in [0.1, 0.15) is 12.5 Å². The maximum atomic E-state index is 5.57. The Morgan fingerprint density at radius 1 is 1.23 bits per heavy atom. The minimum Gasteiger partial charge on any atom is -0.471 e. The fourth-order valence-electron chi connectivity index (χ4n) is 1.42. The van der Waals surface area contributed by atoms with Crippen LogP contribution in [0.4, 0.5) is 0 Å². The van der Waals surface area contributed by atoms with Crippen molar-refractivity contribution in [2.24, 2.45) is 0 Å². The molecular formula is C11H13NO. The standard InChI is InChI=1S/C11H13NO/c1-9-11(13-8-12(9)2)10-6-4-3-5-7-10/h3-7H,8H2,1-2H3. The van der Waals surface area contributed by atoms with Crippen LogP contribution in [0.25, 0.3) is 5.76 Å². The molecule has 2 heteroatoms. The third-order valence-electron chi connectivity index (χ3n) is 2.34. The predicted octanol–water partition coefficient (Wildman–Crippen LogP) is 2.29. The molecule has 0 aromatic heterocycles. The lowest BCUT2D eigenvalue weighted by Crippen LogP contribution is -2.10. The minimum absolute atomic E-state index is 0.663. The lowest BCUT2D eigenvalue weighted by Gasteiger charge is -2.07. The molecule has 68 valence electrons. The van der Waals surface area contributed by atoms with Gasteiger partial charge < -0.3 is 9.64 Å². The molecule has 0 saturated heterocycles. The summed E-state index contributed by atoms with van der Waals surface area (Å²) in [5, 5.41) is 0. The van der Waals surface area contributed by atoms with E-state index < -0.39 is 0 Å². The van der Waals surface area contributed by atoms with E-state index in [1.165, 1.54) is 5.70 Å². The second-order valence-corrected chi connectivity index (χ2v) is 3.25. The highest BCUT2D eigenvalue weighted by molar-refractivity contribution is 5.63. The second-order valence-electron chi connectivity index (χ2n) is 3.25. The monoisotopic (exact) mass is 175 g/mol. The minimum atomic E-state index is 0.663. The summed E-state index contributed by atoms with van der Waals surface area (Å²) in [6, 6.07) is 10.2. The second kappa shape index (κ2) is 3.13. The summed E-state index contributed by atoms with van der Waals surface area (Å²) in [4.78, 5) is 2.10. The number of benzene rings is 1. The smallest absolute Gasteiger partial charge is 0.161 e. The summed E-state index contributed by atoms with van der Waals surface area (Å²) in [6.45, 7) is 2.74. The van der Waals surface area contributed by atoms with E-state index in [0.29, 0.717) is 6.73 Å². The van der Waals surface area contributed by atoms with Crippen LogP contribution >= 0.6 is 0 Å². The molecule has 2 nitrogen and oxygen atoms in total. The molecule has 0 radical (unpaired) electrons. The van der Waals surface area contributed by atoms with Gasteiger partial charge in [0.25, 0.3) is 0 Å². The highest BCUT2D eigenvalue weighted by Crippen LogP contribution is 2.26. The average molecular weight is 175 g/mol. The number of hydrogen-bond donors (Lipinski definition) is 0. The summed E-state index contributed by atoms with van der Waals surface area (Å²) in [5.74, 6) is 1.00. The molecule has 1 heterocycles. The van der Waals surface area contributed by atoms with Crippen molar-refractivity contribution in [1.82, 2.24) is 4.90 Å². The number of nitrogens with zero attached hydrogens (tertiary/aromatic N) is 1. The third kappa shape index (κ3) is 1.39. The number of allylic oxidation sites excluding steroid dienone is 1. The average Bonchev–Trinajstić information content (AvgIpc) is 2.49. The van der Waals surface area contributed by atoms with E-state index in [1.54, 1.807) is 0 Å². The molecule has 0 unspecified atom stereocenters. The zero-order valence-corrected chi connectivity index (χ0v) is 7.95. The normalized spacial score (nSPS) is 16.3. The zero-order valence-electron chi connectivity index (χ0n) is 7.95. The van der Waals surface area contributed by atoms with E-state index in [1.807, 2.05) is 25.2 Å². The molecule has 1 aromatic carbocycles. The Bertz CT molecular complexity index is 329. The van der Waals surface area contributed by atoms with Crippen molar-refractivity contribution in [3.63, 3.8) is 0 Å². The number of hydrogen-bond acceptors (Lipinski definition) is 2. The van der Waals surface area contributed by atoms with E-state index >= 15 is 0 Å². The molecule has 0 amide bonds. The van der Waals surface area contributed by atoms with Crippen LogP contribution in [-0.4, -0.2) is 18.7 Å². The topological polar surface area (TPSA) is 12.5 Å². The van der Waals surface area contributed by atoms with Crippen LogP contribution in [0.5, 0.6) is 0 Å². The van der Waals surface area contributed by atoms with Gasteiger partial charge in [-0.15, -0.1) is 0 Å². The first kappa shape index (κ1) is 8.17. The van der Waals surface area contributed by atoms with Crippen LogP contribution in [0.15, 0.2) is 36.0 Å². The summed E-state index contributed by atoms with van der Waals surface area (Å²) >= 11 is 0. The molecule has 0 atom stereocenters. The first-order chi connectivity index (χ1) is 6.29. The van der Waals surface area contributed by atoms with E-state index in [2.05, 4.69) is 24.0 Å². The molecule has 1 aliphatic rings.